The molecule has 1 aliphatic heterocycles. The monoisotopic (exact) mass is 561 g/mol. The van der Waals surface area contributed by atoms with Crippen LogP contribution in [0.4, 0.5) is 0 Å². The van der Waals surface area contributed by atoms with Gasteiger partial charge in [0.05, 0.1) is 45.0 Å². The first-order chi connectivity index (χ1) is 18.7. The molecule has 1 unspecified atom stereocenters. The number of aromatic nitrogens is 2. The maximum Gasteiger partial charge on any atom is 0.406 e. The number of nitriles is 1. The number of esters is 1. The molecule has 5 atom stereocenters. The van der Waals surface area contributed by atoms with Crippen molar-refractivity contribution in [2.45, 2.75) is 50.6 Å². The fraction of sp³-hybridized carbons (Fsp3) is 0.478. The van der Waals surface area contributed by atoms with E-state index in [0.29, 0.717) is 0 Å². The van der Waals surface area contributed by atoms with Gasteiger partial charge in [-0.05, 0) is 24.4 Å². The van der Waals surface area contributed by atoms with Crippen molar-refractivity contribution in [3.05, 3.63) is 78.9 Å². The summed E-state index contributed by atoms with van der Waals surface area (Å²) >= 11 is 0. The zero-order valence-electron chi connectivity index (χ0n) is 21.3. The molecule has 1 aromatic heterocycles. The van der Waals surface area contributed by atoms with Gasteiger partial charge in [0.1, 0.15) is 12.3 Å². The summed E-state index contributed by atoms with van der Waals surface area (Å²) in [4.78, 5) is 41.6. The van der Waals surface area contributed by atoms with Gasteiger partial charge >= 0.3 is 19.4 Å². The number of nitrogens with one attached hydrogen (secondary N) is 2. The number of carbonyl (C=O) groups excluding carboxylic acids is 1. The molecule has 1 aromatic carbocycles. The number of ether oxygens (including phenoxy) is 2. The van der Waals surface area contributed by atoms with Gasteiger partial charge in [0.2, 0.25) is 0 Å². The highest BCUT2D eigenvalue weighted by Crippen LogP contribution is 2.46. The van der Waals surface area contributed by atoms with Gasteiger partial charge in [0.25, 0.3) is 5.56 Å². The van der Waals surface area contributed by atoms with Gasteiger partial charge in [0, 0.05) is 23.1 Å². The van der Waals surface area contributed by atoms with Crippen LogP contribution in [-0.2, 0) is 34.3 Å². The summed E-state index contributed by atoms with van der Waals surface area (Å²) in [6.07, 6.45) is -0.496. The lowest BCUT2D eigenvalue weighted by Gasteiger charge is -2.25. The van der Waals surface area contributed by atoms with Crippen LogP contribution in [0.5, 0.6) is 0 Å². The van der Waals surface area contributed by atoms with E-state index in [2.05, 4.69) is 20.1 Å². The molecular formula is C23H28N7O8P. The summed E-state index contributed by atoms with van der Waals surface area (Å²) in [5.41, 5.74) is 8.78. The molecule has 2 aromatic rings. The molecule has 3 rings (SSSR count). The minimum Gasteiger partial charge on any atom is -0.468 e. The number of hydrogen-bond acceptors (Lipinski definition) is 10. The maximum absolute atomic E-state index is 13.7. The molecule has 15 nitrogen and oxygen atoms in total. The lowest BCUT2D eigenvalue weighted by Crippen LogP contribution is -2.39. The molecule has 39 heavy (non-hydrogen) atoms. The predicted molar refractivity (Wildman–Crippen MR) is 136 cm³/mol. The number of rotatable bonds is 13. The summed E-state index contributed by atoms with van der Waals surface area (Å²) in [7, 11) is -3.07. The Morgan fingerprint density at radius 2 is 2.13 bits per heavy atom. The summed E-state index contributed by atoms with van der Waals surface area (Å²) in [5, 5.41) is 15.2. The molecule has 2 heterocycles. The van der Waals surface area contributed by atoms with Crippen molar-refractivity contribution >= 4 is 13.7 Å². The number of aryl methyl sites for hydroxylation is 1. The van der Waals surface area contributed by atoms with E-state index in [4.69, 9.17) is 29.3 Å². The average Bonchev–Trinajstić information content (AvgIpc) is 3.32. The van der Waals surface area contributed by atoms with Crippen LogP contribution in [0.1, 0.15) is 30.2 Å². The minimum atomic E-state index is -4.26. The average molecular weight is 561 g/mol. The smallest absolute Gasteiger partial charge is 0.406 e. The molecule has 0 aliphatic carbocycles. The van der Waals surface area contributed by atoms with E-state index in [1.807, 2.05) is 6.07 Å². The molecule has 1 fully saturated rings. The summed E-state index contributed by atoms with van der Waals surface area (Å²) in [6.45, 7) is 0.830. The highest BCUT2D eigenvalue weighted by molar-refractivity contribution is 7.51. The topological polar surface area (TPSA) is 210 Å². The first-order valence-corrected chi connectivity index (χ1v) is 13.4. The molecule has 2 N–H and O–H groups in total. The van der Waals surface area contributed by atoms with Crippen LogP contribution in [0.3, 0.4) is 0 Å². The Labute approximate surface area is 222 Å². The van der Waals surface area contributed by atoms with Crippen LogP contribution in [0.15, 0.2) is 51.2 Å². The largest absolute Gasteiger partial charge is 0.468 e. The van der Waals surface area contributed by atoms with Crippen LogP contribution >= 0.6 is 7.75 Å². The fourth-order valence-electron chi connectivity index (χ4n) is 3.88. The Hall–Kier alpha value is -3.76. The number of methoxy groups -OCH3 is 1. The molecule has 1 aliphatic rings. The van der Waals surface area contributed by atoms with E-state index < -0.39 is 56.0 Å². The lowest BCUT2D eigenvalue weighted by atomic mass is 10.1. The summed E-state index contributed by atoms with van der Waals surface area (Å²) < 4.78 is 36.6. The molecular weight excluding hydrogens is 533 g/mol. The van der Waals surface area contributed by atoms with Gasteiger partial charge in [-0.2, -0.15) is 5.26 Å². The first kappa shape index (κ1) is 29.8. The molecule has 0 saturated carbocycles. The van der Waals surface area contributed by atoms with E-state index in [1.54, 1.807) is 30.3 Å². The van der Waals surface area contributed by atoms with E-state index in [1.165, 1.54) is 20.2 Å². The van der Waals surface area contributed by atoms with Crippen LogP contribution in [0.25, 0.3) is 10.4 Å². The van der Waals surface area contributed by atoms with Gasteiger partial charge in [-0.15, -0.1) is 0 Å². The third-order valence-corrected chi connectivity index (χ3v) is 7.47. The maximum atomic E-state index is 13.7. The van der Waals surface area contributed by atoms with Crippen LogP contribution < -0.4 is 16.3 Å². The van der Waals surface area contributed by atoms with Crippen LogP contribution in [-0.4, -0.2) is 54.0 Å². The van der Waals surface area contributed by atoms with Crippen molar-refractivity contribution in [3.8, 4) is 6.07 Å². The second-order valence-corrected chi connectivity index (χ2v) is 10.3. The number of benzene rings is 1. The van der Waals surface area contributed by atoms with Crippen molar-refractivity contribution in [2.75, 3.05) is 20.3 Å². The minimum absolute atomic E-state index is 0.0648. The summed E-state index contributed by atoms with van der Waals surface area (Å²) in [5.74, 6) is -0.719. The Balaban J connectivity index is 1.81. The zero-order chi connectivity index (χ0) is 28.4. The standard InChI is InChI=1S/C23H28N7O8P/c1-15-13-30(23(33)26-21(15)31)20-12-17(27-29-25)19(38-20)14-37-39(34,36-10-6-9-24)28-18(22(32)35-2)11-16-7-4-3-5-8-16/h3-5,7-8,13,17-20H,6,10-12,14H2,1-2H3,(H,28,34)(H,26,31,33)/t17-,18-,19+,20+,39?/m0/s1. The predicted octanol–water partition coefficient (Wildman–Crippen LogP) is 2.24. The molecule has 0 amide bonds. The summed E-state index contributed by atoms with van der Waals surface area (Å²) in [6, 6.07) is 8.83. The van der Waals surface area contributed by atoms with E-state index in [0.717, 1.165) is 10.1 Å². The molecule has 208 valence electrons. The Morgan fingerprint density at radius 3 is 2.79 bits per heavy atom. The van der Waals surface area contributed by atoms with E-state index >= 15 is 0 Å². The van der Waals surface area contributed by atoms with Crippen molar-refractivity contribution in [1.82, 2.24) is 14.6 Å². The molecule has 0 radical (unpaired) electrons. The quantitative estimate of drug-likeness (QED) is 0.0909. The Morgan fingerprint density at radius 1 is 1.38 bits per heavy atom. The van der Waals surface area contributed by atoms with Gasteiger partial charge in [-0.3, -0.25) is 28.2 Å². The number of H-pyrrole nitrogens is 1. The Bertz CT molecular complexity index is 1400. The Kier molecular flexibility index (Phi) is 10.6. The van der Waals surface area contributed by atoms with Gasteiger partial charge < -0.3 is 9.47 Å². The van der Waals surface area contributed by atoms with Crippen molar-refractivity contribution < 1.29 is 27.9 Å². The zero-order valence-corrected chi connectivity index (χ0v) is 22.2. The fourth-order valence-corrected chi connectivity index (χ4v) is 5.36. The number of hydrogen-bond donors (Lipinski definition) is 2. The van der Waals surface area contributed by atoms with E-state index in [-0.39, 0.29) is 31.4 Å². The van der Waals surface area contributed by atoms with Gasteiger partial charge in [-0.25, -0.2) is 14.4 Å². The number of nitrogens with zero attached hydrogens (tertiary/aromatic N) is 5. The van der Waals surface area contributed by atoms with Crippen molar-refractivity contribution in [2.24, 2.45) is 5.11 Å². The van der Waals surface area contributed by atoms with Crippen molar-refractivity contribution in [1.29, 1.82) is 5.26 Å². The molecule has 0 spiro atoms. The second-order valence-electron chi connectivity index (χ2n) is 8.54. The first-order valence-electron chi connectivity index (χ1n) is 11.9. The van der Waals surface area contributed by atoms with Gasteiger partial charge in [0.15, 0.2) is 0 Å². The third kappa shape index (κ3) is 8.11. The van der Waals surface area contributed by atoms with Crippen LogP contribution in [0, 0.1) is 18.3 Å². The molecule has 16 heteroatoms. The van der Waals surface area contributed by atoms with Crippen LogP contribution in [0.2, 0.25) is 0 Å². The molecule has 0 bridgehead atoms. The van der Waals surface area contributed by atoms with E-state index in [9.17, 15) is 18.9 Å². The highest BCUT2D eigenvalue weighted by atomic mass is 31.2. The second kappa shape index (κ2) is 13.9. The van der Waals surface area contributed by atoms with Gasteiger partial charge in [-0.1, -0.05) is 35.4 Å². The number of aromatic amines is 1. The normalized spacial score (nSPS) is 20.8. The molecule has 1 saturated heterocycles. The lowest BCUT2D eigenvalue weighted by molar-refractivity contribution is -0.142. The number of carbonyl (C=O) groups is 1. The van der Waals surface area contributed by atoms with Crippen molar-refractivity contribution in [3.63, 3.8) is 0 Å². The SMILES string of the molecule is COC(=O)[C@H](Cc1ccccc1)NP(=O)(OCCC#N)OC[C@H]1O[C@@H](n2cc(C)c(=O)[nH]c2=O)C[C@@H]1N=[N+]=[N-]. The number of azide groups is 1. The third-order valence-electron chi connectivity index (χ3n) is 5.83. The highest BCUT2D eigenvalue weighted by Gasteiger charge is 2.40.